The molecule has 0 saturated carbocycles. The average Bonchev–Trinajstić information content (AvgIpc) is 2.56. The first-order valence-corrected chi connectivity index (χ1v) is 10.7. The highest BCUT2D eigenvalue weighted by molar-refractivity contribution is 9.10. The second-order valence-electron chi connectivity index (χ2n) is 5.63. The third kappa shape index (κ3) is 4.09. The maximum Gasteiger partial charge on any atom is 0.267 e. The monoisotopic (exact) mass is 478 g/mol. The van der Waals surface area contributed by atoms with E-state index in [1.165, 1.54) is 12.1 Å². The van der Waals surface area contributed by atoms with E-state index in [9.17, 15) is 13.2 Å². The number of amides is 1. The SMILES string of the molecule is CS(=O)(=O)N1CC(C(=O)Nc2ccc(Br)c(Cl)c2)Oc2ccc(Cl)cc21. The number of anilines is 2. The van der Waals surface area contributed by atoms with Gasteiger partial charge in [-0.05, 0) is 52.3 Å². The Morgan fingerprint density at radius 2 is 2.00 bits per heavy atom. The number of ether oxygens (including phenoxy) is 1. The predicted octanol–water partition coefficient (Wildman–Crippen LogP) is 3.92. The lowest BCUT2D eigenvalue weighted by Crippen LogP contribution is -2.48. The standard InChI is InChI=1S/C16H13BrCl2N2O4S/c1-26(23,24)21-8-15(25-14-5-2-9(18)6-13(14)21)16(22)20-10-3-4-11(17)12(19)7-10/h2-7,15H,8H2,1H3,(H,20,22). The van der Waals surface area contributed by atoms with E-state index >= 15 is 0 Å². The molecule has 2 aromatic rings. The molecule has 2 aromatic carbocycles. The van der Waals surface area contributed by atoms with Crippen LogP contribution in [0.5, 0.6) is 5.75 Å². The van der Waals surface area contributed by atoms with E-state index in [1.807, 2.05) is 0 Å². The number of carbonyl (C=O) groups is 1. The highest BCUT2D eigenvalue weighted by Crippen LogP contribution is 2.37. The van der Waals surface area contributed by atoms with Gasteiger partial charge >= 0.3 is 0 Å². The van der Waals surface area contributed by atoms with E-state index < -0.39 is 22.0 Å². The van der Waals surface area contributed by atoms with Crippen LogP contribution in [0.1, 0.15) is 0 Å². The predicted molar refractivity (Wildman–Crippen MR) is 106 cm³/mol. The highest BCUT2D eigenvalue weighted by atomic mass is 79.9. The van der Waals surface area contributed by atoms with Gasteiger partial charge in [-0.1, -0.05) is 23.2 Å². The minimum atomic E-state index is -3.62. The Morgan fingerprint density at radius 1 is 1.27 bits per heavy atom. The number of nitrogens with one attached hydrogen (secondary N) is 1. The molecule has 10 heteroatoms. The summed E-state index contributed by atoms with van der Waals surface area (Å²) >= 11 is 15.2. The fourth-order valence-corrected chi connectivity index (χ4v) is 3.97. The van der Waals surface area contributed by atoms with Crippen LogP contribution in [0, 0.1) is 0 Å². The number of benzene rings is 2. The van der Waals surface area contributed by atoms with Gasteiger partial charge in [-0.15, -0.1) is 0 Å². The molecule has 1 aliphatic heterocycles. The molecular formula is C16H13BrCl2N2O4S. The van der Waals surface area contributed by atoms with Gasteiger partial charge in [0.1, 0.15) is 5.75 Å². The van der Waals surface area contributed by atoms with Crippen LogP contribution in [0.25, 0.3) is 0 Å². The summed E-state index contributed by atoms with van der Waals surface area (Å²) in [6.45, 7) is -0.164. The van der Waals surface area contributed by atoms with Gasteiger partial charge in [-0.25, -0.2) is 8.42 Å². The molecule has 0 radical (unpaired) electrons. The van der Waals surface area contributed by atoms with Crippen LogP contribution in [0.2, 0.25) is 10.0 Å². The molecule has 0 bridgehead atoms. The summed E-state index contributed by atoms with van der Waals surface area (Å²) < 4.78 is 31.8. The molecule has 0 spiro atoms. The first-order valence-electron chi connectivity index (χ1n) is 7.35. The zero-order valence-corrected chi connectivity index (χ0v) is 17.3. The van der Waals surface area contributed by atoms with Gasteiger partial charge < -0.3 is 10.1 Å². The zero-order chi connectivity index (χ0) is 19.1. The summed E-state index contributed by atoms with van der Waals surface area (Å²) in [5.74, 6) is -0.224. The number of nitrogens with zero attached hydrogens (tertiary/aromatic N) is 1. The van der Waals surface area contributed by atoms with E-state index in [4.69, 9.17) is 27.9 Å². The zero-order valence-electron chi connectivity index (χ0n) is 13.4. The normalized spacial score (nSPS) is 16.6. The lowest BCUT2D eigenvalue weighted by molar-refractivity contribution is -0.122. The van der Waals surface area contributed by atoms with Crippen LogP contribution in [0.15, 0.2) is 40.9 Å². The van der Waals surface area contributed by atoms with Gasteiger partial charge in [-0.2, -0.15) is 0 Å². The quantitative estimate of drug-likeness (QED) is 0.723. The summed E-state index contributed by atoms with van der Waals surface area (Å²) in [5, 5.41) is 3.48. The van der Waals surface area contributed by atoms with Crippen LogP contribution in [-0.4, -0.2) is 33.2 Å². The maximum atomic E-state index is 12.6. The number of hydrogen-bond acceptors (Lipinski definition) is 4. The summed E-state index contributed by atoms with van der Waals surface area (Å²) in [6.07, 6.45) is 0.0350. The molecule has 1 heterocycles. The third-order valence-corrected chi connectivity index (χ3v) is 6.28. The first kappa shape index (κ1) is 19.3. The van der Waals surface area contributed by atoms with Crippen molar-refractivity contribution in [1.29, 1.82) is 0 Å². The molecule has 1 unspecified atom stereocenters. The maximum absolute atomic E-state index is 12.6. The van der Waals surface area contributed by atoms with Crippen molar-refractivity contribution in [3.05, 3.63) is 50.9 Å². The Bertz CT molecular complexity index is 984. The van der Waals surface area contributed by atoms with Gasteiger partial charge in [0.15, 0.2) is 6.10 Å². The lowest BCUT2D eigenvalue weighted by Gasteiger charge is -2.34. The molecule has 26 heavy (non-hydrogen) atoms. The Hall–Kier alpha value is -1.48. The fraction of sp³-hybridized carbons (Fsp3) is 0.188. The van der Waals surface area contributed by atoms with Crippen molar-refractivity contribution < 1.29 is 17.9 Å². The molecule has 0 saturated heterocycles. The van der Waals surface area contributed by atoms with E-state index in [0.29, 0.717) is 25.9 Å². The molecule has 1 aliphatic rings. The van der Waals surface area contributed by atoms with E-state index in [1.54, 1.807) is 24.3 Å². The summed E-state index contributed by atoms with van der Waals surface area (Å²) in [5.41, 5.74) is 0.773. The van der Waals surface area contributed by atoms with Crippen LogP contribution in [0.4, 0.5) is 11.4 Å². The molecule has 1 amide bonds. The molecule has 0 fully saturated rings. The number of hydrogen-bond donors (Lipinski definition) is 1. The summed E-state index contributed by atoms with van der Waals surface area (Å²) in [7, 11) is -3.62. The van der Waals surface area contributed by atoms with Crippen LogP contribution in [-0.2, 0) is 14.8 Å². The van der Waals surface area contributed by atoms with Crippen molar-refractivity contribution in [2.75, 3.05) is 22.4 Å². The minimum absolute atomic E-state index is 0.164. The van der Waals surface area contributed by atoms with Gasteiger partial charge in [0.05, 0.1) is 23.5 Å². The van der Waals surface area contributed by atoms with Crippen LogP contribution >= 0.6 is 39.1 Å². The number of carbonyl (C=O) groups excluding carboxylic acids is 1. The number of halogens is 3. The summed E-state index contributed by atoms with van der Waals surface area (Å²) in [6, 6.07) is 9.52. The van der Waals surface area contributed by atoms with Crippen molar-refractivity contribution in [1.82, 2.24) is 0 Å². The van der Waals surface area contributed by atoms with Gasteiger partial charge in [-0.3, -0.25) is 9.10 Å². The molecule has 1 atom stereocenters. The van der Waals surface area contributed by atoms with Gasteiger partial charge in [0.2, 0.25) is 10.0 Å². The molecule has 6 nitrogen and oxygen atoms in total. The third-order valence-electron chi connectivity index (χ3n) is 3.67. The topological polar surface area (TPSA) is 75.7 Å². The van der Waals surface area contributed by atoms with Crippen molar-refractivity contribution in [3.8, 4) is 5.75 Å². The van der Waals surface area contributed by atoms with E-state index in [0.717, 1.165) is 10.6 Å². The van der Waals surface area contributed by atoms with Crippen molar-refractivity contribution >= 4 is 66.4 Å². The van der Waals surface area contributed by atoms with Crippen molar-refractivity contribution in [3.63, 3.8) is 0 Å². The second-order valence-corrected chi connectivity index (χ2v) is 9.24. The van der Waals surface area contributed by atoms with Gasteiger partial charge in [0.25, 0.3) is 5.91 Å². The molecule has 1 N–H and O–H groups in total. The molecule has 3 rings (SSSR count). The largest absolute Gasteiger partial charge is 0.476 e. The highest BCUT2D eigenvalue weighted by Gasteiger charge is 2.35. The Labute approximate surface area is 169 Å². The van der Waals surface area contributed by atoms with Crippen LogP contribution < -0.4 is 14.4 Å². The molecule has 138 valence electrons. The average molecular weight is 480 g/mol. The molecule has 0 aromatic heterocycles. The smallest absolute Gasteiger partial charge is 0.267 e. The van der Waals surface area contributed by atoms with Gasteiger partial charge in [0, 0.05) is 15.2 Å². The van der Waals surface area contributed by atoms with E-state index in [-0.39, 0.29) is 12.3 Å². The van der Waals surface area contributed by atoms with E-state index in [2.05, 4.69) is 21.2 Å². The number of fused-ring (bicyclic) bond motifs is 1. The summed E-state index contributed by atoms with van der Waals surface area (Å²) in [4.78, 5) is 12.6. The Kier molecular flexibility index (Phi) is 5.39. The fourth-order valence-electron chi connectivity index (χ4n) is 2.47. The minimum Gasteiger partial charge on any atom is -0.476 e. The first-order chi connectivity index (χ1) is 12.1. The Morgan fingerprint density at radius 3 is 2.65 bits per heavy atom. The van der Waals surface area contributed by atoms with Crippen molar-refractivity contribution in [2.45, 2.75) is 6.10 Å². The number of sulfonamides is 1. The molecular weight excluding hydrogens is 467 g/mol. The Balaban J connectivity index is 1.88. The van der Waals surface area contributed by atoms with Crippen LogP contribution in [0.3, 0.4) is 0 Å². The lowest BCUT2D eigenvalue weighted by atomic mass is 10.2. The second kappa shape index (κ2) is 7.26. The molecule has 0 aliphatic carbocycles. The number of rotatable bonds is 3. The van der Waals surface area contributed by atoms with Crippen molar-refractivity contribution in [2.24, 2.45) is 0 Å².